The Labute approximate surface area is 210 Å². The number of benzene rings is 2. The van der Waals surface area contributed by atoms with E-state index in [-0.39, 0.29) is 36.4 Å². The number of aromatic nitrogens is 3. The molecule has 0 saturated carbocycles. The van der Waals surface area contributed by atoms with Crippen LogP contribution in [0.3, 0.4) is 0 Å². The lowest BCUT2D eigenvalue weighted by Crippen LogP contribution is -2.31. The molecule has 0 spiro atoms. The molecule has 1 aliphatic rings. The Morgan fingerprint density at radius 1 is 1.05 bits per heavy atom. The number of nitro benzene ring substituents is 1. The van der Waals surface area contributed by atoms with Crippen LogP contribution in [0.1, 0.15) is 44.8 Å². The Bertz CT molecular complexity index is 1610. The molecule has 3 heterocycles. The van der Waals surface area contributed by atoms with Crippen LogP contribution >= 0.6 is 0 Å². The van der Waals surface area contributed by atoms with Crippen molar-refractivity contribution in [1.29, 1.82) is 0 Å². The molecule has 0 radical (unpaired) electrons. The van der Waals surface area contributed by atoms with E-state index in [4.69, 9.17) is 0 Å². The number of hydrogen-bond acceptors (Lipinski definition) is 7. The average Bonchev–Trinajstić information content (AvgIpc) is 3.35. The minimum atomic E-state index is -0.723. The normalized spacial score (nSPS) is 12.8. The number of pyridine rings is 1. The van der Waals surface area contributed by atoms with Crippen molar-refractivity contribution in [2.75, 3.05) is 11.9 Å². The second-order valence-electron chi connectivity index (χ2n) is 8.77. The number of anilines is 1. The van der Waals surface area contributed by atoms with Crippen LogP contribution in [0.25, 0.3) is 16.7 Å². The SMILES string of the molecule is Cc1cc(NC(=O)CCCN2C(=O)c3cccc([N+](=O)[O-])c3C2=O)n(-c2cc(C)c3ccccc3n2)n1. The molecule has 5 rings (SSSR count). The number of imide groups is 1. The highest BCUT2D eigenvalue weighted by atomic mass is 16.6. The molecule has 2 aromatic heterocycles. The van der Waals surface area contributed by atoms with Crippen molar-refractivity contribution in [2.24, 2.45) is 0 Å². The maximum absolute atomic E-state index is 12.7. The summed E-state index contributed by atoms with van der Waals surface area (Å²) in [5.74, 6) is -0.649. The summed E-state index contributed by atoms with van der Waals surface area (Å²) >= 11 is 0. The van der Waals surface area contributed by atoms with Crippen molar-refractivity contribution in [3.05, 3.63) is 87.1 Å². The zero-order chi connectivity index (χ0) is 26.3. The second-order valence-corrected chi connectivity index (χ2v) is 8.77. The van der Waals surface area contributed by atoms with Crippen molar-refractivity contribution in [2.45, 2.75) is 26.7 Å². The van der Waals surface area contributed by atoms with Gasteiger partial charge in [0.25, 0.3) is 17.5 Å². The molecule has 1 N–H and O–H groups in total. The molecule has 0 saturated heterocycles. The van der Waals surface area contributed by atoms with Crippen LogP contribution in [-0.2, 0) is 4.79 Å². The molecular formula is C26H22N6O5. The molecule has 3 amide bonds. The first-order valence-corrected chi connectivity index (χ1v) is 11.6. The summed E-state index contributed by atoms with van der Waals surface area (Å²) in [6, 6.07) is 15.3. The van der Waals surface area contributed by atoms with Gasteiger partial charge in [-0.2, -0.15) is 9.78 Å². The number of amides is 3. The van der Waals surface area contributed by atoms with E-state index in [0.29, 0.717) is 17.3 Å². The Hall–Kier alpha value is -4.93. The molecular weight excluding hydrogens is 476 g/mol. The van der Waals surface area contributed by atoms with Gasteiger partial charge < -0.3 is 5.32 Å². The van der Waals surface area contributed by atoms with Crippen LogP contribution in [0.5, 0.6) is 0 Å². The standard InChI is InChI=1S/C26H22N6O5/c1-15-13-21(27-19-9-4-3-7-17(15)19)31-22(14-16(2)29-31)28-23(33)11-6-12-30-25(34)18-8-5-10-20(32(36)37)24(18)26(30)35/h3-5,7-10,13-14H,6,11-12H2,1-2H3,(H,28,33). The number of hydrogen-bond donors (Lipinski definition) is 1. The van der Waals surface area contributed by atoms with Gasteiger partial charge in [-0.25, -0.2) is 4.98 Å². The number of aryl methyl sites for hydroxylation is 2. The van der Waals surface area contributed by atoms with Gasteiger partial charge in [-0.15, -0.1) is 0 Å². The third-order valence-corrected chi connectivity index (χ3v) is 6.18. The van der Waals surface area contributed by atoms with E-state index in [1.165, 1.54) is 18.2 Å². The third-order valence-electron chi connectivity index (χ3n) is 6.18. The number of para-hydroxylation sites is 1. The highest BCUT2D eigenvalue weighted by Gasteiger charge is 2.40. The Balaban J connectivity index is 1.27. The van der Waals surface area contributed by atoms with E-state index >= 15 is 0 Å². The number of nitrogens with zero attached hydrogens (tertiary/aromatic N) is 5. The summed E-state index contributed by atoms with van der Waals surface area (Å²) in [7, 11) is 0. The lowest BCUT2D eigenvalue weighted by atomic mass is 10.1. The number of fused-ring (bicyclic) bond motifs is 2. The minimum Gasteiger partial charge on any atom is -0.311 e. The van der Waals surface area contributed by atoms with Gasteiger partial charge in [0.1, 0.15) is 11.4 Å². The van der Waals surface area contributed by atoms with Gasteiger partial charge in [-0.05, 0) is 44.0 Å². The largest absolute Gasteiger partial charge is 0.311 e. The molecule has 11 heteroatoms. The fourth-order valence-electron chi connectivity index (χ4n) is 4.48. The highest BCUT2D eigenvalue weighted by Crippen LogP contribution is 2.31. The Kier molecular flexibility index (Phi) is 5.96. The molecule has 0 atom stereocenters. The molecule has 186 valence electrons. The molecule has 1 aliphatic heterocycles. The van der Waals surface area contributed by atoms with Gasteiger partial charge in [0.15, 0.2) is 5.82 Å². The van der Waals surface area contributed by atoms with E-state index in [1.54, 1.807) is 10.7 Å². The lowest BCUT2D eigenvalue weighted by Gasteiger charge is -2.14. The van der Waals surface area contributed by atoms with Gasteiger partial charge in [0, 0.05) is 30.5 Å². The van der Waals surface area contributed by atoms with Gasteiger partial charge >= 0.3 is 0 Å². The van der Waals surface area contributed by atoms with Crippen LogP contribution in [0.2, 0.25) is 0 Å². The number of carbonyl (C=O) groups is 3. The first-order chi connectivity index (χ1) is 17.7. The van der Waals surface area contributed by atoms with Crippen LogP contribution in [0, 0.1) is 24.0 Å². The maximum Gasteiger partial charge on any atom is 0.282 e. The van der Waals surface area contributed by atoms with Gasteiger partial charge in [-0.3, -0.25) is 29.4 Å². The van der Waals surface area contributed by atoms with E-state index in [9.17, 15) is 24.5 Å². The molecule has 0 fully saturated rings. The van der Waals surface area contributed by atoms with Gasteiger partial charge in [0.2, 0.25) is 5.91 Å². The molecule has 0 unspecified atom stereocenters. The highest BCUT2D eigenvalue weighted by molar-refractivity contribution is 6.23. The van der Waals surface area contributed by atoms with Crippen molar-refractivity contribution < 1.29 is 19.3 Å². The average molecular weight is 498 g/mol. The first-order valence-electron chi connectivity index (χ1n) is 11.6. The third kappa shape index (κ3) is 4.31. The Morgan fingerprint density at radius 2 is 1.84 bits per heavy atom. The quantitative estimate of drug-likeness (QED) is 0.231. The molecule has 0 aliphatic carbocycles. The summed E-state index contributed by atoms with van der Waals surface area (Å²) in [6.45, 7) is 3.75. The van der Waals surface area contributed by atoms with Crippen molar-refractivity contribution >= 4 is 40.1 Å². The van der Waals surface area contributed by atoms with Crippen molar-refractivity contribution in [3.8, 4) is 5.82 Å². The summed E-state index contributed by atoms with van der Waals surface area (Å²) in [5.41, 5.74) is 1.91. The number of nitrogens with one attached hydrogen (secondary N) is 1. The molecule has 0 bridgehead atoms. The van der Waals surface area contributed by atoms with Crippen LogP contribution in [0.15, 0.2) is 54.6 Å². The van der Waals surface area contributed by atoms with Crippen LogP contribution in [0.4, 0.5) is 11.5 Å². The summed E-state index contributed by atoms with van der Waals surface area (Å²) < 4.78 is 1.57. The van der Waals surface area contributed by atoms with Crippen LogP contribution in [-0.4, -0.2) is 48.9 Å². The zero-order valence-electron chi connectivity index (χ0n) is 20.1. The summed E-state index contributed by atoms with van der Waals surface area (Å²) in [6.07, 6.45) is 0.204. The topological polar surface area (TPSA) is 140 Å². The van der Waals surface area contributed by atoms with Crippen molar-refractivity contribution in [1.82, 2.24) is 19.7 Å². The zero-order valence-corrected chi connectivity index (χ0v) is 20.1. The molecule has 11 nitrogen and oxygen atoms in total. The van der Waals surface area contributed by atoms with E-state index in [0.717, 1.165) is 21.4 Å². The fraction of sp³-hybridized carbons (Fsp3) is 0.192. The Morgan fingerprint density at radius 3 is 2.62 bits per heavy atom. The van der Waals surface area contributed by atoms with E-state index in [2.05, 4.69) is 15.4 Å². The first kappa shape index (κ1) is 23.8. The predicted octanol–water partition coefficient (Wildman–Crippen LogP) is 3.96. The summed E-state index contributed by atoms with van der Waals surface area (Å²) in [4.78, 5) is 54.3. The number of nitro groups is 1. The monoisotopic (exact) mass is 498 g/mol. The van der Waals surface area contributed by atoms with Crippen LogP contribution < -0.4 is 5.32 Å². The molecule has 37 heavy (non-hydrogen) atoms. The molecule has 2 aromatic carbocycles. The fourth-order valence-corrected chi connectivity index (χ4v) is 4.48. The van der Waals surface area contributed by atoms with Gasteiger partial charge in [0.05, 0.1) is 21.7 Å². The number of rotatable bonds is 7. The van der Waals surface area contributed by atoms with Crippen molar-refractivity contribution in [3.63, 3.8) is 0 Å². The van der Waals surface area contributed by atoms with E-state index < -0.39 is 22.4 Å². The second kappa shape index (κ2) is 9.26. The lowest BCUT2D eigenvalue weighted by molar-refractivity contribution is -0.385. The van der Waals surface area contributed by atoms with Gasteiger partial charge in [-0.1, -0.05) is 24.3 Å². The maximum atomic E-state index is 12.7. The molecule has 4 aromatic rings. The smallest absolute Gasteiger partial charge is 0.282 e. The predicted molar refractivity (Wildman–Crippen MR) is 135 cm³/mol. The minimum absolute atomic E-state index is 0.00112. The number of carbonyl (C=O) groups excluding carboxylic acids is 3. The van der Waals surface area contributed by atoms with E-state index in [1.807, 2.05) is 44.2 Å². The summed E-state index contributed by atoms with van der Waals surface area (Å²) in [5, 5.41) is 19.6.